The summed E-state index contributed by atoms with van der Waals surface area (Å²) in [4.78, 5) is 31.0. The molecule has 0 saturated carbocycles. The lowest BCUT2D eigenvalue weighted by atomic mass is 9.79. The summed E-state index contributed by atoms with van der Waals surface area (Å²) in [5.74, 6) is 0.181. The Kier molecular flexibility index (Phi) is 7.56. The molecule has 2 aliphatic heterocycles. The number of rotatable bonds is 8. The van der Waals surface area contributed by atoms with Crippen LogP contribution in [0.3, 0.4) is 0 Å². The fourth-order valence-electron chi connectivity index (χ4n) is 5.85. The van der Waals surface area contributed by atoms with E-state index in [2.05, 4.69) is 53.6 Å². The molecule has 0 spiro atoms. The highest BCUT2D eigenvalue weighted by Gasteiger charge is 2.46. The van der Waals surface area contributed by atoms with Gasteiger partial charge in [-0.1, -0.05) is 62.4 Å². The van der Waals surface area contributed by atoms with Gasteiger partial charge in [0.1, 0.15) is 0 Å². The Balaban J connectivity index is 1.46. The van der Waals surface area contributed by atoms with E-state index in [1.807, 2.05) is 59.5 Å². The number of hydrogen-bond acceptors (Lipinski definition) is 4. The van der Waals surface area contributed by atoms with Crippen LogP contribution in [0.15, 0.2) is 78.9 Å². The molecule has 2 N–H and O–H groups in total. The molecule has 2 amide bonds. The zero-order valence-corrected chi connectivity index (χ0v) is 21.7. The van der Waals surface area contributed by atoms with Crippen molar-refractivity contribution in [1.82, 2.24) is 15.1 Å². The molecule has 1 fully saturated rings. The van der Waals surface area contributed by atoms with Crippen molar-refractivity contribution < 1.29 is 9.59 Å². The fraction of sp³-hybridized carbons (Fsp3) is 0.355. The predicted molar refractivity (Wildman–Crippen MR) is 148 cm³/mol. The number of carbonyl (C=O) groups is 2. The lowest BCUT2D eigenvalue weighted by molar-refractivity contribution is 0.0709. The number of amides is 2. The molecule has 37 heavy (non-hydrogen) atoms. The second kappa shape index (κ2) is 11.2. The molecule has 2 aliphatic rings. The minimum atomic E-state index is -0.0995. The number of fused-ring (bicyclic) bond motifs is 3. The topological polar surface area (TPSA) is 64.7 Å². The zero-order chi connectivity index (χ0) is 25.8. The summed E-state index contributed by atoms with van der Waals surface area (Å²) < 4.78 is 0. The van der Waals surface area contributed by atoms with Gasteiger partial charge in [0.2, 0.25) is 0 Å². The van der Waals surface area contributed by atoms with Crippen LogP contribution in [-0.2, 0) is 0 Å². The number of hydrogen-bond donors (Lipinski definition) is 2. The van der Waals surface area contributed by atoms with E-state index in [0.717, 1.165) is 37.3 Å². The third-order valence-electron chi connectivity index (χ3n) is 7.86. The molecule has 0 radical (unpaired) electrons. The van der Waals surface area contributed by atoms with E-state index >= 15 is 0 Å². The molecular weight excluding hydrogens is 460 g/mol. The second-order valence-electron chi connectivity index (χ2n) is 9.88. The van der Waals surface area contributed by atoms with Crippen LogP contribution >= 0.6 is 0 Å². The lowest BCUT2D eigenvalue weighted by Gasteiger charge is -2.40. The first-order valence-electron chi connectivity index (χ1n) is 13.4. The van der Waals surface area contributed by atoms with Crippen molar-refractivity contribution in [3.63, 3.8) is 0 Å². The first-order chi connectivity index (χ1) is 18.1. The Hall–Kier alpha value is -3.64. The van der Waals surface area contributed by atoms with Gasteiger partial charge in [0.25, 0.3) is 11.8 Å². The molecule has 3 aromatic carbocycles. The van der Waals surface area contributed by atoms with Crippen LogP contribution in [0.5, 0.6) is 0 Å². The van der Waals surface area contributed by atoms with Gasteiger partial charge in [0, 0.05) is 42.4 Å². The van der Waals surface area contributed by atoms with E-state index in [-0.39, 0.29) is 29.8 Å². The van der Waals surface area contributed by atoms with Gasteiger partial charge in [0.05, 0.1) is 12.1 Å². The zero-order valence-electron chi connectivity index (χ0n) is 21.7. The number of carbonyl (C=O) groups excluding carboxylic acids is 2. The van der Waals surface area contributed by atoms with Gasteiger partial charge in [-0.2, -0.15) is 0 Å². The number of nitrogens with zero attached hydrogens (tertiary/aromatic N) is 2. The Morgan fingerprint density at radius 2 is 1.65 bits per heavy atom. The summed E-state index contributed by atoms with van der Waals surface area (Å²) in [6.45, 7) is 8.32. The predicted octanol–water partition coefficient (Wildman–Crippen LogP) is 5.13. The number of anilines is 1. The molecule has 5 rings (SSSR count). The summed E-state index contributed by atoms with van der Waals surface area (Å²) in [6, 6.07) is 25.9. The Bertz CT molecular complexity index is 1230. The largest absolute Gasteiger partial charge is 0.378 e. The van der Waals surface area contributed by atoms with Crippen LogP contribution in [0.4, 0.5) is 5.69 Å². The van der Waals surface area contributed by atoms with Crippen molar-refractivity contribution in [2.45, 2.75) is 32.4 Å². The van der Waals surface area contributed by atoms with Gasteiger partial charge in [0.15, 0.2) is 0 Å². The van der Waals surface area contributed by atoms with Crippen LogP contribution < -0.4 is 10.6 Å². The molecule has 0 aliphatic carbocycles. The highest BCUT2D eigenvalue weighted by atomic mass is 16.2. The van der Waals surface area contributed by atoms with Crippen molar-refractivity contribution in [3.8, 4) is 0 Å². The van der Waals surface area contributed by atoms with Crippen LogP contribution in [0.2, 0.25) is 0 Å². The maximum Gasteiger partial charge on any atom is 0.254 e. The minimum Gasteiger partial charge on any atom is -0.378 e. The van der Waals surface area contributed by atoms with Crippen molar-refractivity contribution in [2.75, 3.05) is 38.0 Å². The number of likely N-dealkylation sites (tertiary alicyclic amines) is 1. The summed E-state index contributed by atoms with van der Waals surface area (Å²) >= 11 is 0. The SMILES string of the molecule is CCN(CC)CCNC(=O)c1ccc2c(c1)[C@@H]1[C@@H](CCN1C(=O)c1ccccc1)C(c1ccccc1)N2. The van der Waals surface area contributed by atoms with E-state index in [1.165, 1.54) is 5.56 Å². The molecule has 192 valence electrons. The minimum absolute atomic E-state index is 0.0434. The maximum absolute atomic E-state index is 13.7. The van der Waals surface area contributed by atoms with Crippen LogP contribution in [0.1, 0.15) is 64.2 Å². The highest BCUT2D eigenvalue weighted by Crippen LogP contribution is 2.51. The average Bonchev–Trinajstić information content (AvgIpc) is 3.40. The van der Waals surface area contributed by atoms with Crippen LogP contribution in [0.25, 0.3) is 0 Å². The molecule has 0 bridgehead atoms. The van der Waals surface area contributed by atoms with Gasteiger partial charge in [-0.3, -0.25) is 9.59 Å². The summed E-state index contributed by atoms with van der Waals surface area (Å²) in [6.07, 6.45) is 0.898. The van der Waals surface area contributed by atoms with Gasteiger partial charge in [-0.15, -0.1) is 0 Å². The van der Waals surface area contributed by atoms with Gasteiger partial charge < -0.3 is 20.4 Å². The molecule has 1 saturated heterocycles. The van der Waals surface area contributed by atoms with E-state index in [4.69, 9.17) is 0 Å². The number of likely N-dealkylation sites (N-methyl/N-ethyl adjacent to an activating group) is 1. The molecule has 0 aromatic heterocycles. The monoisotopic (exact) mass is 496 g/mol. The molecule has 2 heterocycles. The number of nitrogens with one attached hydrogen (secondary N) is 2. The quantitative estimate of drug-likeness (QED) is 0.454. The maximum atomic E-state index is 13.7. The van der Waals surface area contributed by atoms with E-state index in [9.17, 15) is 9.59 Å². The standard InChI is InChI=1S/C31H36N4O2/c1-3-34(4-2)20-18-32-30(36)24-15-16-27-26(21-24)29-25(28(33-27)22-11-7-5-8-12-22)17-19-35(29)31(37)23-13-9-6-10-14-23/h5-16,21,25,28-29,33H,3-4,17-20H2,1-2H3,(H,32,36)/t25-,28?,29-/m0/s1. The normalized spacial score (nSPS) is 20.2. The molecule has 3 atom stereocenters. The van der Waals surface area contributed by atoms with Crippen molar-refractivity contribution >= 4 is 17.5 Å². The van der Waals surface area contributed by atoms with Gasteiger partial charge in [-0.25, -0.2) is 0 Å². The molecule has 1 unspecified atom stereocenters. The Morgan fingerprint density at radius 3 is 2.35 bits per heavy atom. The lowest BCUT2D eigenvalue weighted by Crippen LogP contribution is -2.38. The Labute approximate surface area is 219 Å². The third-order valence-corrected chi connectivity index (χ3v) is 7.86. The molecule has 6 nitrogen and oxygen atoms in total. The van der Waals surface area contributed by atoms with Crippen molar-refractivity contribution in [1.29, 1.82) is 0 Å². The van der Waals surface area contributed by atoms with E-state index in [0.29, 0.717) is 24.2 Å². The van der Waals surface area contributed by atoms with Crippen molar-refractivity contribution in [2.24, 2.45) is 5.92 Å². The number of benzene rings is 3. The average molecular weight is 497 g/mol. The fourth-order valence-corrected chi connectivity index (χ4v) is 5.85. The molecular formula is C31H36N4O2. The third kappa shape index (κ3) is 5.12. The van der Waals surface area contributed by atoms with Crippen LogP contribution in [-0.4, -0.2) is 54.3 Å². The van der Waals surface area contributed by atoms with E-state index in [1.54, 1.807) is 0 Å². The molecule has 6 heteroatoms. The van der Waals surface area contributed by atoms with E-state index < -0.39 is 0 Å². The summed E-state index contributed by atoms with van der Waals surface area (Å²) in [5.41, 5.74) is 4.56. The van der Waals surface area contributed by atoms with Crippen LogP contribution in [0, 0.1) is 5.92 Å². The second-order valence-corrected chi connectivity index (χ2v) is 9.88. The summed E-state index contributed by atoms with van der Waals surface area (Å²) in [5, 5.41) is 6.82. The smallest absolute Gasteiger partial charge is 0.254 e. The first-order valence-corrected chi connectivity index (χ1v) is 13.4. The highest BCUT2D eigenvalue weighted by molar-refractivity contribution is 5.96. The van der Waals surface area contributed by atoms with Gasteiger partial charge in [-0.05, 0) is 61.0 Å². The first kappa shape index (κ1) is 25.0. The Morgan fingerprint density at radius 1 is 0.946 bits per heavy atom. The molecule has 3 aromatic rings. The van der Waals surface area contributed by atoms with Crippen molar-refractivity contribution in [3.05, 3.63) is 101 Å². The summed E-state index contributed by atoms with van der Waals surface area (Å²) in [7, 11) is 0. The van der Waals surface area contributed by atoms with Gasteiger partial charge >= 0.3 is 0 Å².